The van der Waals surface area contributed by atoms with E-state index >= 15 is 0 Å². The predicted molar refractivity (Wildman–Crippen MR) is 166 cm³/mol. The van der Waals surface area contributed by atoms with Crippen LogP contribution < -0.4 is 0 Å². The molecule has 3 aromatic rings. The van der Waals surface area contributed by atoms with Gasteiger partial charge in [0.05, 0.1) is 36.2 Å². The molecule has 2 aromatic heterocycles. The molecular weight excluding hydrogens is 578 g/mol. The SMILES string of the molecule is CCCCC(CC)COC(=O)CC(C(=O)OCC(CC)CCCC)S(=O)(=O)O.c1ccc2[nH]c(-c3cscn3)nc2c1. The molecular formula is C30H45N3O7S2. The number of rotatable bonds is 17. The molecule has 2 N–H and O–H groups in total. The summed E-state index contributed by atoms with van der Waals surface area (Å²) in [6.07, 6.45) is 6.74. The molecule has 42 heavy (non-hydrogen) atoms. The highest BCUT2D eigenvalue weighted by Crippen LogP contribution is 2.20. The van der Waals surface area contributed by atoms with Crippen LogP contribution in [0.4, 0.5) is 0 Å². The lowest BCUT2D eigenvalue weighted by molar-refractivity contribution is -0.151. The number of esters is 2. The molecule has 3 unspecified atom stereocenters. The van der Waals surface area contributed by atoms with E-state index in [4.69, 9.17) is 9.47 Å². The van der Waals surface area contributed by atoms with Crippen molar-refractivity contribution in [2.45, 2.75) is 90.7 Å². The van der Waals surface area contributed by atoms with Crippen LogP contribution in [0.1, 0.15) is 85.5 Å². The Kier molecular flexibility index (Phi) is 15.7. The van der Waals surface area contributed by atoms with Crippen LogP contribution in [0.25, 0.3) is 22.6 Å². The van der Waals surface area contributed by atoms with Crippen molar-refractivity contribution in [3.05, 3.63) is 35.2 Å². The fraction of sp³-hybridized carbons (Fsp3) is 0.600. The summed E-state index contributed by atoms with van der Waals surface area (Å²) in [4.78, 5) is 36.1. The van der Waals surface area contributed by atoms with Crippen molar-refractivity contribution < 1.29 is 32.0 Å². The number of carbonyl (C=O) groups is 2. The Morgan fingerprint density at radius 1 is 0.976 bits per heavy atom. The predicted octanol–water partition coefficient (Wildman–Crippen LogP) is 6.84. The number of thiazole rings is 1. The molecule has 0 aliphatic rings. The Hall–Kier alpha value is -2.83. The van der Waals surface area contributed by atoms with Crippen LogP contribution in [0.5, 0.6) is 0 Å². The molecule has 3 rings (SSSR count). The Morgan fingerprint density at radius 2 is 1.60 bits per heavy atom. The number of para-hydroxylation sites is 2. The standard InChI is InChI=1S/C20H38O7S.C10H7N3S/c1-5-9-11-16(7-3)14-26-19(21)13-18(28(23,24)25)20(22)27-15-17(8-4)12-10-6-2;1-2-4-8-7(3-1)12-10(13-8)9-5-14-6-11-9/h16-18H,5-15H2,1-4H3,(H,23,24,25);1-6H,(H,12,13). The van der Waals surface area contributed by atoms with Gasteiger partial charge in [0.15, 0.2) is 11.1 Å². The molecule has 0 saturated heterocycles. The fourth-order valence-electron chi connectivity index (χ4n) is 4.22. The van der Waals surface area contributed by atoms with Crippen molar-refractivity contribution in [3.8, 4) is 11.5 Å². The van der Waals surface area contributed by atoms with Gasteiger partial charge in [-0.1, -0.05) is 78.4 Å². The molecule has 0 bridgehead atoms. The molecule has 0 fully saturated rings. The van der Waals surface area contributed by atoms with E-state index in [0.29, 0.717) is 0 Å². The molecule has 1 aromatic carbocycles. The van der Waals surface area contributed by atoms with Gasteiger partial charge in [0.25, 0.3) is 10.1 Å². The van der Waals surface area contributed by atoms with Gasteiger partial charge in [-0.2, -0.15) is 8.42 Å². The maximum atomic E-state index is 12.2. The van der Waals surface area contributed by atoms with Gasteiger partial charge in [-0.3, -0.25) is 14.1 Å². The number of hydrogen-bond acceptors (Lipinski definition) is 9. The van der Waals surface area contributed by atoms with Crippen molar-refractivity contribution in [2.24, 2.45) is 11.8 Å². The molecule has 234 valence electrons. The number of H-pyrrole nitrogens is 1. The summed E-state index contributed by atoms with van der Waals surface area (Å²) in [5.41, 5.74) is 4.75. The smallest absolute Gasteiger partial charge is 0.327 e. The average molecular weight is 624 g/mol. The van der Waals surface area contributed by atoms with Crippen LogP contribution in [0.15, 0.2) is 35.2 Å². The number of aromatic amines is 1. The Bertz CT molecular complexity index is 1280. The van der Waals surface area contributed by atoms with Gasteiger partial charge in [-0.15, -0.1) is 11.3 Å². The largest absolute Gasteiger partial charge is 0.465 e. The lowest BCUT2D eigenvalue weighted by Crippen LogP contribution is -2.35. The minimum Gasteiger partial charge on any atom is -0.465 e. The Balaban J connectivity index is 0.000000358. The van der Waals surface area contributed by atoms with Gasteiger partial charge >= 0.3 is 11.9 Å². The first-order valence-electron chi connectivity index (χ1n) is 14.7. The Labute approximate surface area is 253 Å². The summed E-state index contributed by atoms with van der Waals surface area (Å²) in [6, 6.07) is 7.97. The topological polar surface area (TPSA) is 149 Å². The van der Waals surface area contributed by atoms with Crippen LogP contribution in [0.3, 0.4) is 0 Å². The minimum absolute atomic E-state index is 0.0747. The molecule has 2 heterocycles. The van der Waals surface area contributed by atoms with E-state index in [1.807, 2.05) is 49.0 Å². The van der Waals surface area contributed by atoms with E-state index in [2.05, 4.69) is 28.8 Å². The third kappa shape index (κ3) is 12.2. The lowest BCUT2D eigenvalue weighted by atomic mass is 10.0. The third-order valence-corrected chi connectivity index (χ3v) is 8.73. The van der Waals surface area contributed by atoms with Crippen molar-refractivity contribution >= 4 is 44.4 Å². The van der Waals surface area contributed by atoms with Crippen molar-refractivity contribution in [3.63, 3.8) is 0 Å². The highest BCUT2D eigenvalue weighted by molar-refractivity contribution is 7.87. The number of nitrogens with zero attached hydrogens (tertiary/aromatic N) is 2. The maximum Gasteiger partial charge on any atom is 0.327 e. The lowest BCUT2D eigenvalue weighted by Gasteiger charge is -2.18. The number of benzene rings is 1. The van der Waals surface area contributed by atoms with Crippen LogP contribution in [0, 0.1) is 11.8 Å². The first-order valence-corrected chi connectivity index (χ1v) is 17.2. The summed E-state index contributed by atoms with van der Waals surface area (Å²) in [5.74, 6) is -0.766. The zero-order valence-corrected chi connectivity index (χ0v) is 26.7. The van der Waals surface area contributed by atoms with Gasteiger partial charge in [-0.25, -0.2) is 9.97 Å². The normalized spacial score (nSPS) is 13.5. The van der Waals surface area contributed by atoms with Crippen LogP contribution in [0.2, 0.25) is 0 Å². The molecule has 0 aliphatic heterocycles. The van der Waals surface area contributed by atoms with Gasteiger partial charge in [0, 0.05) is 5.38 Å². The van der Waals surface area contributed by atoms with Crippen LogP contribution in [-0.4, -0.2) is 58.3 Å². The summed E-state index contributed by atoms with van der Waals surface area (Å²) in [6.45, 7) is 8.35. The number of unbranched alkanes of at least 4 members (excludes halogenated alkanes) is 2. The second-order valence-corrected chi connectivity index (χ2v) is 12.6. The Morgan fingerprint density at radius 3 is 2.12 bits per heavy atom. The molecule has 0 aliphatic carbocycles. The summed E-state index contributed by atoms with van der Waals surface area (Å²) < 4.78 is 42.8. The van der Waals surface area contributed by atoms with Gasteiger partial charge in [0.1, 0.15) is 5.69 Å². The molecule has 12 heteroatoms. The quantitative estimate of drug-likeness (QED) is 0.122. The third-order valence-electron chi connectivity index (χ3n) is 7.07. The molecule has 3 atom stereocenters. The van der Waals surface area contributed by atoms with Crippen molar-refractivity contribution in [1.82, 2.24) is 15.0 Å². The molecule has 0 radical (unpaired) electrons. The summed E-state index contributed by atoms with van der Waals surface area (Å²) in [5, 5.41) is 0.0388. The number of imidazole rings is 1. The zero-order valence-electron chi connectivity index (χ0n) is 25.1. The highest BCUT2D eigenvalue weighted by atomic mass is 32.2. The number of ether oxygens (including phenoxy) is 2. The van der Waals surface area contributed by atoms with Gasteiger partial charge in [-0.05, 0) is 36.8 Å². The molecule has 10 nitrogen and oxygen atoms in total. The number of hydrogen-bond donors (Lipinski definition) is 2. The first kappa shape index (κ1) is 35.4. The number of carbonyl (C=O) groups excluding carboxylic acids is 2. The van der Waals surface area contributed by atoms with E-state index in [9.17, 15) is 22.6 Å². The summed E-state index contributed by atoms with van der Waals surface area (Å²) >= 11 is 1.57. The van der Waals surface area contributed by atoms with E-state index in [1.54, 1.807) is 11.3 Å². The maximum absolute atomic E-state index is 12.2. The number of nitrogens with one attached hydrogen (secondary N) is 1. The molecule has 0 saturated carbocycles. The van der Waals surface area contributed by atoms with Crippen LogP contribution in [-0.2, 0) is 29.2 Å². The average Bonchev–Trinajstić information content (AvgIpc) is 3.66. The zero-order chi connectivity index (χ0) is 31.0. The van der Waals surface area contributed by atoms with E-state index in [0.717, 1.165) is 73.9 Å². The fourth-order valence-corrected chi connectivity index (χ4v) is 5.42. The monoisotopic (exact) mass is 623 g/mol. The molecule has 0 amide bonds. The van der Waals surface area contributed by atoms with Gasteiger partial charge in [0.2, 0.25) is 0 Å². The number of aromatic nitrogens is 3. The van der Waals surface area contributed by atoms with E-state index in [1.165, 1.54) is 0 Å². The van der Waals surface area contributed by atoms with Crippen molar-refractivity contribution in [1.29, 1.82) is 0 Å². The minimum atomic E-state index is -4.76. The number of fused-ring (bicyclic) bond motifs is 1. The van der Waals surface area contributed by atoms with E-state index < -0.39 is 33.7 Å². The second kappa shape index (κ2) is 18.7. The van der Waals surface area contributed by atoms with Gasteiger partial charge < -0.3 is 14.5 Å². The highest BCUT2D eigenvalue weighted by Gasteiger charge is 2.36. The van der Waals surface area contributed by atoms with Crippen LogP contribution >= 0.6 is 11.3 Å². The second-order valence-electron chi connectivity index (χ2n) is 10.3. The summed E-state index contributed by atoms with van der Waals surface area (Å²) in [7, 11) is -4.76. The first-order chi connectivity index (χ1) is 20.1. The van der Waals surface area contributed by atoms with E-state index in [-0.39, 0.29) is 25.0 Å². The van der Waals surface area contributed by atoms with Crippen molar-refractivity contribution in [2.75, 3.05) is 13.2 Å². The molecule has 0 spiro atoms.